The predicted molar refractivity (Wildman–Crippen MR) is 90.5 cm³/mol. The highest BCUT2D eigenvalue weighted by Crippen LogP contribution is 2.14. The van der Waals surface area contributed by atoms with Crippen LogP contribution < -0.4 is 11.0 Å². The summed E-state index contributed by atoms with van der Waals surface area (Å²) in [5.41, 5.74) is 1.73. The van der Waals surface area contributed by atoms with Crippen LogP contribution in [0, 0.1) is 0 Å². The van der Waals surface area contributed by atoms with Crippen molar-refractivity contribution >= 4 is 16.9 Å². The van der Waals surface area contributed by atoms with Crippen LogP contribution in [0.5, 0.6) is 0 Å². The molecule has 2 aromatic rings. The molecule has 0 spiro atoms. The summed E-state index contributed by atoms with van der Waals surface area (Å²) < 4.78 is 3.34. The highest BCUT2D eigenvalue weighted by atomic mass is 16.2. The number of aromatic nitrogens is 2. The molecule has 124 valence electrons. The molecule has 1 aromatic heterocycles. The van der Waals surface area contributed by atoms with Gasteiger partial charge in [-0.15, -0.1) is 0 Å². The maximum atomic E-state index is 12.5. The Morgan fingerprint density at radius 2 is 2.04 bits per heavy atom. The number of rotatable bonds is 4. The minimum atomic E-state index is -0.0641. The number of likely N-dealkylation sites (tertiary alicyclic amines) is 1. The van der Waals surface area contributed by atoms with Crippen LogP contribution in [0.15, 0.2) is 29.1 Å². The van der Waals surface area contributed by atoms with E-state index in [1.165, 1.54) is 0 Å². The quantitative estimate of drug-likeness (QED) is 0.913. The highest BCUT2D eigenvalue weighted by molar-refractivity contribution is 5.78. The number of likely N-dealkylation sites (N-methyl/N-ethyl adjacent to an activating group) is 1. The topological polar surface area (TPSA) is 59.3 Å². The van der Waals surface area contributed by atoms with E-state index in [1.807, 2.05) is 36.2 Å². The van der Waals surface area contributed by atoms with Crippen molar-refractivity contribution in [1.29, 1.82) is 0 Å². The van der Waals surface area contributed by atoms with Crippen molar-refractivity contribution in [3.63, 3.8) is 0 Å². The molecular weight excluding hydrogens is 292 g/mol. The highest BCUT2D eigenvalue weighted by Gasteiger charge is 2.22. The Kier molecular flexibility index (Phi) is 4.52. The van der Waals surface area contributed by atoms with Crippen molar-refractivity contribution in [2.24, 2.45) is 7.05 Å². The molecule has 1 N–H and O–H groups in total. The summed E-state index contributed by atoms with van der Waals surface area (Å²) in [6, 6.07) is 8.08. The van der Waals surface area contributed by atoms with Gasteiger partial charge in [-0.05, 0) is 32.0 Å². The summed E-state index contributed by atoms with van der Waals surface area (Å²) in [6.45, 7) is 2.01. The standard InChI is InChI=1S/C17H24N4O2/c1-18-13-6-5-10-20(12-13)16(22)9-11-21-15-8-4-3-7-14(15)19(2)17(21)23/h3-4,7-8,13,18H,5-6,9-12H2,1-2H3. The van der Waals surface area contributed by atoms with Gasteiger partial charge in [-0.3, -0.25) is 13.9 Å². The number of nitrogens with zero attached hydrogens (tertiary/aromatic N) is 3. The van der Waals surface area contributed by atoms with Gasteiger partial charge in [0.25, 0.3) is 0 Å². The molecular formula is C17H24N4O2. The van der Waals surface area contributed by atoms with Crippen molar-refractivity contribution in [1.82, 2.24) is 19.4 Å². The molecule has 0 saturated carbocycles. The van der Waals surface area contributed by atoms with Gasteiger partial charge in [0.05, 0.1) is 11.0 Å². The van der Waals surface area contributed by atoms with Gasteiger partial charge in [0.15, 0.2) is 0 Å². The fraction of sp³-hybridized carbons (Fsp3) is 0.529. The van der Waals surface area contributed by atoms with Crippen molar-refractivity contribution in [2.75, 3.05) is 20.1 Å². The Morgan fingerprint density at radius 3 is 2.78 bits per heavy atom. The number of aryl methyl sites for hydroxylation is 2. The van der Waals surface area contributed by atoms with Gasteiger partial charge in [0.1, 0.15) is 0 Å². The lowest BCUT2D eigenvalue weighted by atomic mass is 10.1. The molecule has 1 fully saturated rings. The number of carbonyl (C=O) groups excluding carboxylic acids is 1. The number of hydrogen-bond acceptors (Lipinski definition) is 3. The lowest BCUT2D eigenvalue weighted by Gasteiger charge is -2.32. The SMILES string of the molecule is CNC1CCCN(C(=O)CCn2c(=O)n(C)c3ccccc32)C1. The molecule has 3 rings (SSSR count). The maximum Gasteiger partial charge on any atom is 0.328 e. The van der Waals surface area contributed by atoms with E-state index in [4.69, 9.17) is 0 Å². The van der Waals surface area contributed by atoms with Crippen LogP contribution in [0.4, 0.5) is 0 Å². The van der Waals surface area contributed by atoms with E-state index in [-0.39, 0.29) is 11.6 Å². The zero-order chi connectivity index (χ0) is 16.4. The van der Waals surface area contributed by atoms with Crippen molar-refractivity contribution in [2.45, 2.75) is 31.8 Å². The van der Waals surface area contributed by atoms with E-state index in [0.717, 1.165) is 37.0 Å². The Labute approximate surface area is 135 Å². The lowest BCUT2D eigenvalue weighted by Crippen LogP contribution is -2.47. The molecule has 6 heteroatoms. The number of hydrogen-bond donors (Lipinski definition) is 1. The van der Waals surface area contributed by atoms with Gasteiger partial charge in [0, 0.05) is 39.1 Å². The minimum Gasteiger partial charge on any atom is -0.341 e. The zero-order valence-corrected chi connectivity index (χ0v) is 13.8. The third-order valence-corrected chi connectivity index (χ3v) is 4.78. The van der Waals surface area contributed by atoms with Crippen molar-refractivity contribution in [3.05, 3.63) is 34.7 Å². The molecule has 1 saturated heterocycles. The van der Waals surface area contributed by atoms with Crippen LogP contribution in [0.2, 0.25) is 0 Å². The molecule has 1 amide bonds. The number of para-hydroxylation sites is 2. The molecule has 2 heterocycles. The second-order valence-corrected chi connectivity index (χ2v) is 6.20. The first-order valence-corrected chi connectivity index (χ1v) is 8.21. The van der Waals surface area contributed by atoms with Gasteiger partial charge < -0.3 is 10.2 Å². The van der Waals surface area contributed by atoms with Crippen molar-refractivity contribution < 1.29 is 4.79 Å². The first-order chi connectivity index (χ1) is 11.1. The fourth-order valence-corrected chi connectivity index (χ4v) is 3.38. The monoisotopic (exact) mass is 316 g/mol. The third kappa shape index (κ3) is 3.03. The number of amides is 1. The number of piperidine rings is 1. The largest absolute Gasteiger partial charge is 0.341 e. The van der Waals surface area contributed by atoms with E-state index in [0.29, 0.717) is 19.0 Å². The molecule has 6 nitrogen and oxygen atoms in total. The van der Waals surface area contributed by atoms with Gasteiger partial charge >= 0.3 is 5.69 Å². The van der Waals surface area contributed by atoms with Crippen LogP contribution in [0.1, 0.15) is 19.3 Å². The summed E-state index contributed by atoms with van der Waals surface area (Å²) in [5.74, 6) is 0.129. The Balaban J connectivity index is 1.72. The number of nitrogens with one attached hydrogen (secondary N) is 1. The van der Waals surface area contributed by atoms with E-state index >= 15 is 0 Å². The number of fused-ring (bicyclic) bond motifs is 1. The molecule has 1 unspecified atom stereocenters. The number of imidazole rings is 1. The van der Waals surface area contributed by atoms with Crippen LogP contribution in [-0.2, 0) is 18.4 Å². The predicted octanol–water partition coefficient (Wildman–Crippen LogP) is 0.940. The van der Waals surface area contributed by atoms with Crippen LogP contribution in [-0.4, -0.2) is 46.1 Å². The Hall–Kier alpha value is -2.08. The fourth-order valence-electron chi connectivity index (χ4n) is 3.38. The normalized spacial score (nSPS) is 18.5. The summed E-state index contributed by atoms with van der Waals surface area (Å²) in [5, 5.41) is 3.25. The van der Waals surface area contributed by atoms with Gasteiger partial charge in [-0.2, -0.15) is 0 Å². The molecule has 0 bridgehead atoms. The third-order valence-electron chi connectivity index (χ3n) is 4.78. The Morgan fingerprint density at radius 1 is 1.30 bits per heavy atom. The van der Waals surface area contributed by atoms with Gasteiger partial charge in [0.2, 0.25) is 5.91 Å². The number of carbonyl (C=O) groups is 1. The van der Waals surface area contributed by atoms with E-state index in [2.05, 4.69) is 5.32 Å². The summed E-state index contributed by atoms with van der Waals surface area (Å²) in [4.78, 5) is 26.7. The molecule has 0 radical (unpaired) electrons. The van der Waals surface area contributed by atoms with Crippen LogP contribution in [0.3, 0.4) is 0 Å². The summed E-state index contributed by atoms with van der Waals surface area (Å²) in [6.07, 6.45) is 2.51. The Bertz CT molecular complexity index is 762. The van der Waals surface area contributed by atoms with E-state index < -0.39 is 0 Å². The molecule has 1 aliphatic heterocycles. The number of benzene rings is 1. The second-order valence-electron chi connectivity index (χ2n) is 6.20. The summed E-state index contributed by atoms with van der Waals surface area (Å²) in [7, 11) is 3.71. The molecule has 23 heavy (non-hydrogen) atoms. The average molecular weight is 316 g/mol. The van der Waals surface area contributed by atoms with Gasteiger partial charge in [-0.25, -0.2) is 4.79 Å². The van der Waals surface area contributed by atoms with Crippen LogP contribution in [0.25, 0.3) is 11.0 Å². The molecule has 1 atom stereocenters. The molecule has 0 aliphatic carbocycles. The van der Waals surface area contributed by atoms with Crippen LogP contribution >= 0.6 is 0 Å². The van der Waals surface area contributed by atoms with E-state index in [1.54, 1.807) is 16.2 Å². The lowest BCUT2D eigenvalue weighted by molar-refractivity contribution is -0.132. The molecule has 1 aromatic carbocycles. The molecule has 1 aliphatic rings. The maximum absolute atomic E-state index is 12.5. The van der Waals surface area contributed by atoms with Crippen molar-refractivity contribution in [3.8, 4) is 0 Å². The minimum absolute atomic E-state index is 0.0641. The first-order valence-electron chi connectivity index (χ1n) is 8.21. The van der Waals surface area contributed by atoms with Gasteiger partial charge in [-0.1, -0.05) is 12.1 Å². The second kappa shape index (κ2) is 6.58. The first kappa shape index (κ1) is 15.8. The van der Waals surface area contributed by atoms with E-state index in [9.17, 15) is 9.59 Å². The summed E-state index contributed by atoms with van der Waals surface area (Å²) >= 11 is 0. The zero-order valence-electron chi connectivity index (χ0n) is 13.8. The smallest absolute Gasteiger partial charge is 0.328 e. The average Bonchev–Trinajstić information content (AvgIpc) is 2.84.